The zero-order chi connectivity index (χ0) is 12.8. The molecule has 4 nitrogen and oxygen atoms in total. The van der Waals surface area contributed by atoms with E-state index in [1.165, 1.54) is 0 Å². The number of hydrogen-bond acceptors (Lipinski definition) is 4. The number of rotatable bonds is 6. The summed E-state index contributed by atoms with van der Waals surface area (Å²) in [7, 11) is 7.17. The summed E-state index contributed by atoms with van der Waals surface area (Å²) in [6.07, 6.45) is 0.124. The van der Waals surface area contributed by atoms with Crippen molar-refractivity contribution in [2.45, 2.75) is 12.5 Å². The lowest BCUT2D eigenvalue weighted by Gasteiger charge is -2.17. The molecule has 1 rings (SSSR count). The van der Waals surface area contributed by atoms with Gasteiger partial charge in [-0.25, -0.2) is 0 Å². The van der Waals surface area contributed by atoms with Crippen LogP contribution >= 0.6 is 0 Å². The second-order valence-electron chi connectivity index (χ2n) is 4.22. The first-order valence-corrected chi connectivity index (χ1v) is 5.63. The topological polar surface area (TPSA) is 41.9 Å². The maximum absolute atomic E-state index is 10.1. The monoisotopic (exact) mass is 239 g/mol. The molecule has 0 saturated heterocycles. The Balaban J connectivity index is 2.85. The molecule has 1 atom stereocenters. The van der Waals surface area contributed by atoms with Crippen LogP contribution in [0.15, 0.2) is 18.2 Å². The molecule has 0 spiro atoms. The summed E-state index contributed by atoms with van der Waals surface area (Å²) in [6.45, 7) is 0.821. The Morgan fingerprint density at radius 3 is 2.47 bits per heavy atom. The summed E-state index contributed by atoms with van der Waals surface area (Å²) in [6, 6.07) is 5.45. The second kappa shape index (κ2) is 6.47. The number of benzene rings is 1. The van der Waals surface area contributed by atoms with Gasteiger partial charge in [0.25, 0.3) is 0 Å². The van der Waals surface area contributed by atoms with Crippen molar-refractivity contribution in [1.82, 2.24) is 4.90 Å². The van der Waals surface area contributed by atoms with Crippen molar-refractivity contribution in [3.05, 3.63) is 23.8 Å². The van der Waals surface area contributed by atoms with Crippen molar-refractivity contribution in [3.63, 3.8) is 0 Å². The zero-order valence-corrected chi connectivity index (χ0v) is 10.9. The van der Waals surface area contributed by atoms with E-state index in [0.717, 1.165) is 17.9 Å². The van der Waals surface area contributed by atoms with Gasteiger partial charge in [-0.1, -0.05) is 0 Å². The minimum atomic E-state index is -0.539. The number of methoxy groups -OCH3 is 2. The Morgan fingerprint density at radius 1 is 1.24 bits per heavy atom. The molecule has 0 bridgehead atoms. The van der Waals surface area contributed by atoms with E-state index >= 15 is 0 Å². The average Bonchev–Trinajstić information content (AvgIpc) is 2.34. The highest BCUT2D eigenvalue weighted by Crippen LogP contribution is 2.30. The molecule has 0 heterocycles. The van der Waals surface area contributed by atoms with E-state index in [-0.39, 0.29) is 0 Å². The molecule has 1 aromatic rings. The highest BCUT2D eigenvalue weighted by molar-refractivity contribution is 5.41. The van der Waals surface area contributed by atoms with Crippen LogP contribution in [0, 0.1) is 0 Å². The summed E-state index contributed by atoms with van der Waals surface area (Å²) in [5.41, 5.74) is 0.772. The molecule has 1 unspecified atom stereocenters. The summed E-state index contributed by atoms with van der Waals surface area (Å²) in [5, 5.41) is 10.1. The van der Waals surface area contributed by atoms with E-state index in [0.29, 0.717) is 12.2 Å². The molecule has 1 aromatic carbocycles. The van der Waals surface area contributed by atoms with Crippen molar-refractivity contribution in [2.24, 2.45) is 0 Å². The van der Waals surface area contributed by atoms with Gasteiger partial charge in [0.1, 0.15) is 11.5 Å². The van der Waals surface area contributed by atoms with Crippen molar-refractivity contribution in [2.75, 3.05) is 34.9 Å². The standard InChI is InChI=1S/C13H21NO3/c1-14(2)8-7-12(15)11-9-10(16-3)5-6-13(11)17-4/h5-6,9,12,15H,7-8H2,1-4H3. The van der Waals surface area contributed by atoms with Crippen LogP contribution in [0.1, 0.15) is 18.1 Å². The Labute approximate surface area is 103 Å². The van der Waals surface area contributed by atoms with Crippen LogP contribution < -0.4 is 9.47 Å². The van der Waals surface area contributed by atoms with Gasteiger partial charge in [0.15, 0.2) is 0 Å². The SMILES string of the molecule is COc1ccc(OC)c(C(O)CCN(C)C)c1. The van der Waals surface area contributed by atoms with Gasteiger partial charge in [-0.2, -0.15) is 0 Å². The maximum atomic E-state index is 10.1. The Kier molecular flexibility index (Phi) is 5.25. The van der Waals surface area contributed by atoms with Crippen molar-refractivity contribution in [3.8, 4) is 11.5 Å². The van der Waals surface area contributed by atoms with Gasteiger partial charge in [-0.15, -0.1) is 0 Å². The van der Waals surface area contributed by atoms with Crippen LogP contribution in [-0.2, 0) is 0 Å². The molecule has 0 radical (unpaired) electrons. The fourth-order valence-corrected chi connectivity index (χ4v) is 1.64. The van der Waals surface area contributed by atoms with Crippen LogP contribution in [0.25, 0.3) is 0 Å². The largest absolute Gasteiger partial charge is 0.497 e. The quantitative estimate of drug-likeness (QED) is 0.820. The molecule has 0 aliphatic rings. The molecule has 0 fully saturated rings. The van der Waals surface area contributed by atoms with Gasteiger partial charge in [0.05, 0.1) is 20.3 Å². The predicted octanol–water partition coefficient (Wildman–Crippen LogP) is 1.69. The van der Waals surface area contributed by atoms with E-state index in [1.807, 2.05) is 37.2 Å². The van der Waals surface area contributed by atoms with E-state index in [4.69, 9.17) is 9.47 Å². The predicted molar refractivity (Wildman–Crippen MR) is 67.7 cm³/mol. The van der Waals surface area contributed by atoms with Crippen LogP contribution in [0.5, 0.6) is 11.5 Å². The number of nitrogens with zero attached hydrogens (tertiary/aromatic N) is 1. The Morgan fingerprint density at radius 2 is 1.94 bits per heavy atom. The zero-order valence-electron chi connectivity index (χ0n) is 10.9. The fraction of sp³-hybridized carbons (Fsp3) is 0.538. The highest BCUT2D eigenvalue weighted by atomic mass is 16.5. The third-order valence-corrected chi connectivity index (χ3v) is 2.65. The minimum absolute atomic E-state index is 0.539. The normalized spacial score (nSPS) is 12.6. The Bertz CT molecular complexity index is 353. The number of hydrogen-bond donors (Lipinski definition) is 1. The molecular weight excluding hydrogens is 218 g/mol. The molecule has 0 aromatic heterocycles. The summed E-state index contributed by atoms with van der Waals surface area (Å²) in [5.74, 6) is 1.42. The van der Waals surface area contributed by atoms with Crippen LogP contribution in [0.4, 0.5) is 0 Å². The third-order valence-electron chi connectivity index (χ3n) is 2.65. The van der Waals surface area contributed by atoms with Gasteiger partial charge in [0.2, 0.25) is 0 Å². The smallest absolute Gasteiger partial charge is 0.124 e. The van der Waals surface area contributed by atoms with Crippen LogP contribution in [-0.4, -0.2) is 44.9 Å². The fourth-order valence-electron chi connectivity index (χ4n) is 1.64. The molecule has 0 amide bonds. The molecule has 1 N–H and O–H groups in total. The Hall–Kier alpha value is -1.26. The van der Waals surface area contributed by atoms with Crippen LogP contribution in [0.3, 0.4) is 0 Å². The van der Waals surface area contributed by atoms with Crippen molar-refractivity contribution >= 4 is 0 Å². The molecule has 0 aliphatic carbocycles. The first-order chi connectivity index (χ1) is 8.08. The van der Waals surface area contributed by atoms with Gasteiger partial charge in [-0.3, -0.25) is 0 Å². The van der Waals surface area contributed by atoms with E-state index in [9.17, 15) is 5.11 Å². The lowest BCUT2D eigenvalue weighted by Crippen LogP contribution is -2.16. The first-order valence-electron chi connectivity index (χ1n) is 5.63. The van der Waals surface area contributed by atoms with Gasteiger partial charge >= 0.3 is 0 Å². The van der Waals surface area contributed by atoms with Gasteiger partial charge in [-0.05, 0) is 38.7 Å². The summed E-state index contributed by atoms with van der Waals surface area (Å²) >= 11 is 0. The molecular formula is C13H21NO3. The second-order valence-corrected chi connectivity index (χ2v) is 4.22. The molecule has 0 saturated carbocycles. The van der Waals surface area contributed by atoms with Gasteiger partial charge in [0, 0.05) is 12.1 Å². The lowest BCUT2D eigenvalue weighted by atomic mass is 10.0. The molecule has 4 heteroatoms. The van der Waals surface area contributed by atoms with Crippen molar-refractivity contribution in [1.29, 1.82) is 0 Å². The summed E-state index contributed by atoms with van der Waals surface area (Å²) in [4.78, 5) is 2.04. The minimum Gasteiger partial charge on any atom is -0.497 e. The van der Waals surface area contributed by atoms with E-state index in [2.05, 4.69) is 0 Å². The average molecular weight is 239 g/mol. The molecule has 0 aliphatic heterocycles. The molecule has 96 valence electrons. The van der Waals surface area contributed by atoms with E-state index in [1.54, 1.807) is 14.2 Å². The van der Waals surface area contributed by atoms with Crippen molar-refractivity contribution < 1.29 is 14.6 Å². The number of aliphatic hydroxyl groups is 1. The lowest BCUT2D eigenvalue weighted by molar-refractivity contribution is 0.150. The first kappa shape index (κ1) is 13.8. The van der Waals surface area contributed by atoms with Gasteiger partial charge < -0.3 is 19.5 Å². The number of ether oxygens (including phenoxy) is 2. The number of aliphatic hydroxyl groups excluding tert-OH is 1. The maximum Gasteiger partial charge on any atom is 0.124 e. The van der Waals surface area contributed by atoms with E-state index < -0.39 is 6.10 Å². The van der Waals surface area contributed by atoms with Crippen LogP contribution in [0.2, 0.25) is 0 Å². The molecule has 17 heavy (non-hydrogen) atoms. The highest BCUT2D eigenvalue weighted by Gasteiger charge is 2.14. The third kappa shape index (κ3) is 3.91. The summed E-state index contributed by atoms with van der Waals surface area (Å²) < 4.78 is 10.4.